The van der Waals surface area contributed by atoms with Crippen LogP contribution in [0.25, 0.3) is 0 Å². The van der Waals surface area contributed by atoms with Crippen molar-refractivity contribution in [1.82, 2.24) is 9.80 Å². The molecule has 2 rings (SSSR count). The molecule has 0 radical (unpaired) electrons. The van der Waals surface area contributed by atoms with Gasteiger partial charge in [-0.3, -0.25) is 4.79 Å². The monoisotopic (exact) mass is 342 g/mol. The van der Waals surface area contributed by atoms with Crippen LogP contribution in [0.2, 0.25) is 0 Å². The summed E-state index contributed by atoms with van der Waals surface area (Å²) in [5, 5.41) is 14.8. The summed E-state index contributed by atoms with van der Waals surface area (Å²) in [5.74, 6) is -2.95. The fraction of sp³-hybridized carbons (Fsp3) is 0.824. The Balaban J connectivity index is 0.000000413. The molecule has 0 spiro atoms. The van der Waals surface area contributed by atoms with Crippen LogP contribution in [0.3, 0.4) is 0 Å². The van der Waals surface area contributed by atoms with Crippen LogP contribution in [-0.2, 0) is 14.4 Å². The van der Waals surface area contributed by atoms with Gasteiger partial charge in [0.15, 0.2) is 0 Å². The topological polar surface area (TPSA) is 98.2 Å². The lowest BCUT2D eigenvalue weighted by Gasteiger charge is -2.36. The van der Waals surface area contributed by atoms with Crippen LogP contribution < -0.4 is 0 Å². The second kappa shape index (κ2) is 10.3. The first-order chi connectivity index (χ1) is 11.3. The van der Waals surface area contributed by atoms with Crippen molar-refractivity contribution in [3.8, 4) is 0 Å². The number of nitrogens with zero attached hydrogens (tertiary/aromatic N) is 2. The number of rotatable bonds is 2. The van der Waals surface area contributed by atoms with Crippen LogP contribution in [0.15, 0.2) is 0 Å². The first kappa shape index (κ1) is 20.4. The molecule has 7 heteroatoms. The second-order valence-corrected chi connectivity index (χ2v) is 6.78. The molecule has 0 bridgehead atoms. The van der Waals surface area contributed by atoms with Gasteiger partial charge in [-0.15, -0.1) is 0 Å². The van der Waals surface area contributed by atoms with Crippen molar-refractivity contribution in [3.05, 3.63) is 0 Å². The predicted molar refractivity (Wildman–Crippen MR) is 89.8 cm³/mol. The normalized spacial score (nSPS) is 22.3. The summed E-state index contributed by atoms with van der Waals surface area (Å²) < 4.78 is 0. The second-order valence-electron chi connectivity index (χ2n) is 6.78. The average Bonchev–Trinajstić information content (AvgIpc) is 2.84. The van der Waals surface area contributed by atoms with Gasteiger partial charge in [0, 0.05) is 25.7 Å². The highest BCUT2D eigenvalue weighted by atomic mass is 16.4. The number of likely N-dealkylation sites (tertiary alicyclic amines) is 2. The Labute approximate surface area is 143 Å². The Bertz CT molecular complexity index is 419. The van der Waals surface area contributed by atoms with Gasteiger partial charge in [0.1, 0.15) is 0 Å². The molecule has 0 aromatic rings. The van der Waals surface area contributed by atoms with Gasteiger partial charge in [0.2, 0.25) is 5.91 Å². The van der Waals surface area contributed by atoms with Crippen molar-refractivity contribution in [2.75, 3.05) is 26.2 Å². The predicted octanol–water partition coefficient (Wildman–Crippen LogP) is 1.67. The van der Waals surface area contributed by atoms with Crippen molar-refractivity contribution in [3.63, 3.8) is 0 Å². The van der Waals surface area contributed by atoms with Gasteiger partial charge in [-0.2, -0.15) is 0 Å². The Hall–Kier alpha value is -1.63. The molecular weight excluding hydrogens is 312 g/mol. The van der Waals surface area contributed by atoms with E-state index >= 15 is 0 Å². The molecule has 2 fully saturated rings. The molecule has 2 heterocycles. The van der Waals surface area contributed by atoms with Gasteiger partial charge in [-0.25, -0.2) is 9.59 Å². The van der Waals surface area contributed by atoms with Crippen molar-refractivity contribution in [1.29, 1.82) is 0 Å². The first-order valence-electron chi connectivity index (χ1n) is 8.82. The molecular formula is C17H30N2O5. The van der Waals surface area contributed by atoms with Crippen LogP contribution in [-0.4, -0.2) is 70.1 Å². The van der Waals surface area contributed by atoms with Crippen molar-refractivity contribution in [2.24, 2.45) is 5.92 Å². The molecule has 2 aliphatic rings. The maximum Gasteiger partial charge on any atom is 0.414 e. The molecule has 2 N–H and O–H groups in total. The molecule has 0 aliphatic carbocycles. The number of carbonyl (C=O) groups is 3. The molecule has 0 aromatic heterocycles. The van der Waals surface area contributed by atoms with Crippen molar-refractivity contribution < 1.29 is 24.6 Å². The van der Waals surface area contributed by atoms with E-state index in [1.807, 2.05) is 0 Å². The number of hydrogen-bond donors (Lipinski definition) is 2. The van der Waals surface area contributed by atoms with Gasteiger partial charge in [0.25, 0.3) is 0 Å². The summed E-state index contributed by atoms with van der Waals surface area (Å²) >= 11 is 0. The van der Waals surface area contributed by atoms with E-state index in [9.17, 15) is 4.79 Å². The number of carboxylic acid groups (broad SMARTS) is 2. The van der Waals surface area contributed by atoms with E-state index in [2.05, 4.69) is 23.6 Å². The van der Waals surface area contributed by atoms with Crippen LogP contribution in [0.1, 0.15) is 52.4 Å². The summed E-state index contributed by atoms with van der Waals surface area (Å²) in [6.45, 7) is 8.61. The molecule has 24 heavy (non-hydrogen) atoms. The summed E-state index contributed by atoms with van der Waals surface area (Å²) in [4.78, 5) is 35.4. The Morgan fingerprint density at radius 3 is 1.88 bits per heavy atom. The molecule has 1 unspecified atom stereocenters. The number of carboxylic acids is 2. The maximum atomic E-state index is 12.6. The number of hydrogen-bond acceptors (Lipinski definition) is 4. The number of aliphatic carboxylic acids is 2. The van der Waals surface area contributed by atoms with Crippen LogP contribution in [0, 0.1) is 5.92 Å². The number of piperidine rings is 1. The van der Waals surface area contributed by atoms with Gasteiger partial charge in [-0.1, -0.05) is 12.8 Å². The quantitative estimate of drug-likeness (QED) is 0.741. The third-order valence-corrected chi connectivity index (χ3v) is 4.63. The number of amides is 1. The van der Waals surface area contributed by atoms with E-state index in [0.717, 1.165) is 26.1 Å². The Kier molecular flexibility index (Phi) is 8.74. The molecule has 1 atom stereocenters. The van der Waals surface area contributed by atoms with E-state index in [0.29, 0.717) is 11.9 Å². The zero-order valence-electron chi connectivity index (χ0n) is 14.7. The summed E-state index contributed by atoms with van der Waals surface area (Å²) in [7, 11) is 0. The highest BCUT2D eigenvalue weighted by Crippen LogP contribution is 2.22. The van der Waals surface area contributed by atoms with Gasteiger partial charge in [-0.05, 0) is 46.1 Å². The van der Waals surface area contributed by atoms with Gasteiger partial charge in [0.05, 0.1) is 5.92 Å². The van der Waals surface area contributed by atoms with Crippen molar-refractivity contribution >= 4 is 17.8 Å². The molecule has 1 amide bonds. The molecule has 7 nitrogen and oxygen atoms in total. The van der Waals surface area contributed by atoms with E-state index < -0.39 is 11.9 Å². The fourth-order valence-electron chi connectivity index (χ4n) is 3.23. The smallest absolute Gasteiger partial charge is 0.414 e. The summed E-state index contributed by atoms with van der Waals surface area (Å²) in [5.41, 5.74) is 0. The van der Waals surface area contributed by atoms with E-state index in [1.165, 1.54) is 38.6 Å². The van der Waals surface area contributed by atoms with Crippen LogP contribution >= 0.6 is 0 Å². The minimum absolute atomic E-state index is 0.263. The Morgan fingerprint density at radius 2 is 1.42 bits per heavy atom. The Morgan fingerprint density at radius 1 is 0.875 bits per heavy atom. The first-order valence-corrected chi connectivity index (χ1v) is 8.82. The zero-order valence-corrected chi connectivity index (χ0v) is 14.7. The SMILES string of the molecule is CC(C)N1CCCC(C(=O)N2CCCCCC2)C1.O=C(O)C(=O)O. The van der Waals surface area contributed by atoms with Gasteiger partial charge < -0.3 is 20.0 Å². The lowest BCUT2D eigenvalue weighted by molar-refractivity contribution is -0.159. The van der Waals surface area contributed by atoms with Crippen LogP contribution in [0.4, 0.5) is 0 Å². The minimum Gasteiger partial charge on any atom is -0.473 e. The molecule has 0 saturated carbocycles. The highest BCUT2D eigenvalue weighted by molar-refractivity contribution is 6.27. The maximum absolute atomic E-state index is 12.6. The lowest BCUT2D eigenvalue weighted by atomic mass is 9.95. The largest absolute Gasteiger partial charge is 0.473 e. The van der Waals surface area contributed by atoms with E-state index in [4.69, 9.17) is 19.8 Å². The average molecular weight is 342 g/mol. The third kappa shape index (κ3) is 6.86. The minimum atomic E-state index is -1.82. The highest BCUT2D eigenvalue weighted by Gasteiger charge is 2.30. The zero-order chi connectivity index (χ0) is 18.1. The molecule has 2 saturated heterocycles. The molecule has 2 aliphatic heterocycles. The fourth-order valence-corrected chi connectivity index (χ4v) is 3.23. The van der Waals surface area contributed by atoms with E-state index in [-0.39, 0.29) is 5.92 Å². The third-order valence-electron chi connectivity index (χ3n) is 4.63. The van der Waals surface area contributed by atoms with Crippen molar-refractivity contribution in [2.45, 2.75) is 58.4 Å². The van der Waals surface area contributed by atoms with Gasteiger partial charge >= 0.3 is 11.9 Å². The summed E-state index contributed by atoms with van der Waals surface area (Å²) in [6.07, 6.45) is 7.28. The number of carbonyl (C=O) groups excluding carboxylic acids is 1. The summed E-state index contributed by atoms with van der Waals surface area (Å²) in [6, 6.07) is 0.574. The van der Waals surface area contributed by atoms with Crippen LogP contribution in [0.5, 0.6) is 0 Å². The van der Waals surface area contributed by atoms with E-state index in [1.54, 1.807) is 0 Å². The standard InChI is InChI=1S/C15H28N2O.C2H2O4/c1-13(2)17-11-7-8-14(12-17)15(18)16-9-5-3-4-6-10-16;3-1(4)2(5)6/h13-14H,3-12H2,1-2H3;(H,3,4)(H,5,6). The molecule has 0 aromatic carbocycles. The molecule has 138 valence electrons. The lowest BCUT2D eigenvalue weighted by Crippen LogP contribution is -2.47.